The van der Waals surface area contributed by atoms with Gasteiger partial charge in [0.15, 0.2) is 0 Å². The molecule has 0 spiro atoms. The van der Waals surface area contributed by atoms with Gasteiger partial charge in [0.2, 0.25) is 0 Å². The van der Waals surface area contributed by atoms with Crippen molar-refractivity contribution in [3.63, 3.8) is 0 Å². The van der Waals surface area contributed by atoms with Crippen LogP contribution in [0.1, 0.15) is 11.1 Å². The second-order valence-electron chi connectivity index (χ2n) is 4.19. The van der Waals surface area contributed by atoms with Crippen LogP contribution in [0.2, 0.25) is 5.02 Å². The van der Waals surface area contributed by atoms with Gasteiger partial charge in [-0.25, -0.2) is 4.39 Å². The zero-order chi connectivity index (χ0) is 13.7. The summed E-state index contributed by atoms with van der Waals surface area (Å²) < 4.78 is 18.1. The Morgan fingerprint density at radius 1 is 1.16 bits per heavy atom. The molecule has 100 valence electrons. The van der Waals surface area contributed by atoms with Crippen molar-refractivity contribution in [2.75, 3.05) is 7.11 Å². The zero-order valence-electron chi connectivity index (χ0n) is 10.6. The fourth-order valence-electron chi connectivity index (χ4n) is 1.79. The van der Waals surface area contributed by atoms with Crippen molar-refractivity contribution in [1.29, 1.82) is 0 Å². The minimum absolute atomic E-state index is 0.318. The molecule has 0 aliphatic rings. The van der Waals surface area contributed by atoms with Gasteiger partial charge < -0.3 is 10.1 Å². The SMILES string of the molecule is COc1cccc(CNCc2ccc(F)cc2Cl)c1. The van der Waals surface area contributed by atoms with E-state index in [1.54, 1.807) is 13.2 Å². The Kier molecular flexibility index (Phi) is 4.77. The molecule has 0 radical (unpaired) electrons. The summed E-state index contributed by atoms with van der Waals surface area (Å²) in [6.07, 6.45) is 0. The average molecular weight is 280 g/mol. The molecule has 0 saturated carbocycles. The molecule has 2 nitrogen and oxygen atoms in total. The highest BCUT2D eigenvalue weighted by atomic mass is 35.5. The maximum Gasteiger partial charge on any atom is 0.124 e. The molecule has 0 unspecified atom stereocenters. The summed E-state index contributed by atoms with van der Waals surface area (Å²) in [6, 6.07) is 12.3. The van der Waals surface area contributed by atoms with Gasteiger partial charge in [0, 0.05) is 18.1 Å². The summed E-state index contributed by atoms with van der Waals surface area (Å²) in [5.74, 6) is 0.515. The van der Waals surface area contributed by atoms with E-state index in [0.717, 1.165) is 16.9 Å². The molecule has 2 aromatic rings. The Morgan fingerprint density at radius 2 is 2.00 bits per heavy atom. The molecule has 0 aliphatic heterocycles. The van der Waals surface area contributed by atoms with Crippen LogP contribution in [0.25, 0.3) is 0 Å². The molecule has 2 aromatic carbocycles. The van der Waals surface area contributed by atoms with Gasteiger partial charge in [0.25, 0.3) is 0 Å². The van der Waals surface area contributed by atoms with E-state index in [1.165, 1.54) is 12.1 Å². The summed E-state index contributed by atoms with van der Waals surface area (Å²) in [5, 5.41) is 3.71. The fraction of sp³-hybridized carbons (Fsp3) is 0.200. The first-order chi connectivity index (χ1) is 9.19. The van der Waals surface area contributed by atoms with Crippen molar-refractivity contribution >= 4 is 11.6 Å². The van der Waals surface area contributed by atoms with Crippen molar-refractivity contribution < 1.29 is 9.13 Å². The smallest absolute Gasteiger partial charge is 0.124 e. The lowest BCUT2D eigenvalue weighted by Crippen LogP contribution is -2.13. The van der Waals surface area contributed by atoms with Crippen LogP contribution in [0.15, 0.2) is 42.5 Å². The molecular formula is C15H15ClFNO. The molecule has 0 atom stereocenters. The molecule has 0 saturated heterocycles. The quantitative estimate of drug-likeness (QED) is 0.899. The lowest BCUT2D eigenvalue weighted by molar-refractivity contribution is 0.414. The Hall–Kier alpha value is -1.58. The molecule has 4 heteroatoms. The fourth-order valence-corrected chi connectivity index (χ4v) is 2.02. The molecule has 2 rings (SSSR count). The number of hydrogen-bond acceptors (Lipinski definition) is 2. The lowest BCUT2D eigenvalue weighted by atomic mass is 10.2. The highest BCUT2D eigenvalue weighted by Gasteiger charge is 2.02. The number of halogens is 2. The summed E-state index contributed by atoms with van der Waals surface area (Å²) in [6.45, 7) is 1.29. The van der Waals surface area contributed by atoms with Gasteiger partial charge in [-0.05, 0) is 35.4 Å². The van der Waals surface area contributed by atoms with Crippen molar-refractivity contribution in [2.45, 2.75) is 13.1 Å². The van der Waals surface area contributed by atoms with Gasteiger partial charge in [-0.15, -0.1) is 0 Å². The Morgan fingerprint density at radius 3 is 2.74 bits per heavy atom. The predicted molar refractivity (Wildman–Crippen MR) is 74.9 cm³/mol. The van der Waals surface area contributed by atoms with Crippen LogP contribution in [-0.2, 0) is 13.1 Å². The van der Waals surface area contributed by atoms with Crippen LogP contribution < -0.4 is 10.1 Å². The highest BCUT2D eigenvalue weighted by molar-refractivity contribution is 6.31. The third-order valence-electron chi connectivity index (χ3n) is 2.79. The summed E-state index contributed by atoms with van der Waals surface area (Å²) in [5.41, 5.74) is 2.00. The Labute approximate surface area is 117 Å². The van der Waals surface area contributed by atoms with E-state index in [9.17, 15) is 4.39 Å². The molecule has 19 heavy (non-hydrogen) atoms. The van der Waals surface area contributed by atoms with E-state index in [0.29, 0.717) is 18.1 Å². The number of nitrogens with one attached hydrogen (secondary N) is 1. The topological polar surface area (TPSA) is 21.3 Å². The third-order valence-corrected chi connectivity index (χ3v) is 3.15. The van der Waals surface area contributed by atoms with Crippen LogP contribution in [0.5, 0.6) is 5.75 Å². The van der Waals surface area contributed by atoms with Crippen LogP contribution >= 0.6 is 11.6 Å². The van der Waals surface area contributed by atoms with Crippen molar-refractivity contribution in [3.8, 4) is 5.75 Å². The normalized spacial score (nSPS) is 10.5. The molecule has 0 bridgehead atoms. The van der Waals surface area contributed by atoms with Gasteiger partial charge in [0.1, 0.15) is 11.6 Å². The first-order valence-corrected chi connectivity index (χ1v) is 6.34. The first kappa shape index (κ1) is 13.8. The van der Waals surface area contributed by atoms with Crippen LogP contribution in [-0.4, -0.2) is 7.11 Å². The Balaban J connectivity index is 1.92. The van der Waals surface area contributed by atoms with Gasteiger partial charge in [-0.2, -0.15) is 0 Å². The predicted octanol–water partition coefficient (Wildman–Crippen LogP) is 3.78. The molecule has 1 N–H and O–H groups in total. The maximum atomic E-state index is 12.9. The number of benzene rings is 2. The largest absolute Gasteiger partial charge is 0.497 e. The summed E-state index contributed by atoms with van der Waals surface area (Å²) in [4.78, 5) is 0. The van der Waals surface area contributed by atoms with E-state index >= 15 is 0 Å². The molecular weight excluding hydrogens is 265 g/mol. The van der Waals surface area contributed by atoms with Gasteiger partial charge in [-0.3, -0.25) is 0 Å². The number of hydrogen-bond donors (Lipinski definition) is 1. The van der Waals surface area contributed by atoms with Gasteiger partial charge in [0.05, 0.1) is 7.11 Å². The van der Waals surface area contributed by atoms with Gasteiger partial charge in [-0.1, -0.05) is 29.8 Å². The number of methoxy groups -OCH3 is 1. The minimum atomic E-state index is -0.318. The van der Waals surface area contributed by atoms with E-state index in [1.807, 2.05) is 24.3 Å². The standard InChI is InChI=1S/C15H15ClFNO/c1-19-14-4-2-3-11(7-14)9-18-10-12-5-6-13(17)8-15(12)16/h2-8,18H,9-10H2,1H3. The molecule has 0 amide bonds. The van der Waals surface area contributed by atoms with Crippen molar-refractivity contribution in [1.82, 2.24) is 5.32 Å². The average Bonchev–Trinajstić information content (AvgIpc) is 2.41. The van der Waals surface area contributed by atoms with Crippen LogP contribution in [0.3, 0.4) is 0 Å². The Bertz CT molecular complexity index is 560. The van der Waals surface area contributed by atoms with Crippen LogP contribution in [0, 0.1) is 5.82 Å². The van der Waals surface area contributed by atoms with E-state index in [4.69, 9.17) is 16.3 Å². The number of ether oxygens (including phenoxy) is 1. The first-order valence-electron chi connectivity index (χ1n) is 5.96. The van der Waals surface area contributed by atoms with E-state index in [-0.39, 0.29) is 5.82 Å². The second kappa shape index (κ2) is 6.55. The molecule has 0 aliphatic carbocycles. The van der Waals surface area contributed by atoms with Crippen LogP contribution in [0.4, 0.5) is 4.39 Å². The lowest BCUT2D eigenvalue weighted by Gasteiger charge is -2.08. The summed E-state index contributed by atoms with van der Waals surface area (Å²) >= 11 is 5.96. The van der Waals surface area contributed by atoms with Crippen molar-refractivity contribution in [2.24, 2.45) is 0 Å². The highest BCUT2D eigenvalue weighted by Crippen LogP contribution is 2.17. The maximum absolute atomic E-state index is 12.9. The minimum Gasteiger partial charge on any atom is -0.497 e. The third kappa shape index (κ3) is 3.94. The van der Waals surface area contributed by atoms with E-state index in [2.05, 4.69) is 5.32 Å². The second-order valence-corrected chi connectivity index (χ2v) is 4.60. The summed E-state index contributed by atoms with van der Waals surface area (Å²) in [7, 11) is 1.64. The van der Waals surface area contributed by atoms with E-state index < -0.39 is 0 Å². The molecule has 0 aromatic heterocycles. The van der Waals surface area contributed by atoms with Crippen molar-refractivity contribution in [3.05, 3.63) is 64.4 Å². The zero-order valence-corrected chi connectivity index (χ0v) is 11.4. The molecule has 0 fully saturated rings. The number of rotatable bonds is 5. The monoisotopic (exact) mass is 279 g/mol. The van der Waals surface area contributed by atoms with Gasteiger partial charge >= 0.3 is 0 Å². The molecule has 0 heterocycles.